The van der Waals surface area contributed by atoms with Crippen molar-refractivity contribution in [3.05, 3.63) is 81.9 Å². The molecule has 0 atom stereocenters. The molecule has 2 aromatic carbocycles. The molecule has 0 aromatic heterocycles. The molecular formula is C20H19N3O4. The number of nitrogens with zero attached hydrogens (tertiary/aromatic N) is 3. The topological polar surface area (TPSA) is 83.8 Å². The van der Waals surface area contributed by atoms with E-state index in [0.29, 0.717) is 37.3 Å². The lowest BCUT2D eigenvalue weighted by atomic mass is 10.1. The minimum atomic E-state index is -0.463. The van der Waals surface area contributed by atoms with Gasteiger partial charge < -0.3 is 9.80 Å². The van der Waals surface area contributed by atoms with Crippen molar-refractivity contribution in [2.75, 3.05) is 26.2 Å². The first kappa shape index (κ1) is 18.3. The summed E-state index contributed by atoms with van der Waals surface area (Å²) in [5, 5.41) is 10.6. The Morgan fingerprint density at radius 3 is 2.07 bits per heavy atom. The lowest BCUT2D eigenvalue weighted by molar-refractivity contribution is -0.384. The van der Waals surface area contributed by atoms with Crippen LogP contribution in [0.4, 0.5) is 5.69 Å². The zero-order chi connectivity index (χ0) is 19.2. The number of rotatable bonds is 4. The average Bonchev–Trinajstić information content (AvgIpc) is 2.72. The summed E-state index contributed by atoms with van der Waals surface area (Å²) in [7, 11) is 0. The highest BCUT2D eigenvalue weighted by Gasteiger charge is 2.23. The van der Waals surface area contributed by atoms with Gasteiger partial charge in [0.2, 0.25) is 5.91 Å². The predicted octanol–water partition coefficient (Wildman–Crippen LogP) is 2.59. The fourth-order valence-electron chi connectivity index (χ4n) is 2.87. The van der Waals surface area contributed by atoms with Crippen LogP contribution in [0, 0.1) is 10.1 Å². The summed E-state index contributed by atoms with van der Waals surface area (Å²) in [6.07, 6.45) is 3.09. The van der Waals surface area contributed by atoms with Gasteiger partial charge in [0.25, 0.3) is 11.6 Å². The third-order valence-corrected chi connectivity index (χ3v) is 4.42. The number of nitro benzene ring substituents is 1. The number of piperazine rings is 1. The summed E-state index contributed by atoms with van der Waals surface area (Å²) in [5.41, 5.74) is 1.37. The summed E-state index contributed by atoms with van der Waals surface area (Å²) < 4.78 is 0. The first-order chi connectivity index (χ1) is 13.0. The minimum Gasteiger partial charge on any atom is -0.336 e. The third-order valence-electron chi connectivity index (χ3n) is 4.42. The number of non-ortho nitro benzene ring substituents is 1. The molecule has 0 N–H and O–H groups in total. The van der Waals surface area contributed by atoms with Crippen LogP contribution in [0.25, 0.3) is 6.08 Å². The van der Waals surface area contributed by atoms with Gasteiger partial charge in [-0.05, 0) is 35.9 Å². The lowest BCUT2D eigenvalue weighted by Gasteiger charge is -2.34. The van der Waals surface area contributed by atoms with Crippen molar-refractivity contribution in [2.24, 2.45) is 0 Å². The van der Waals surface area contributed by atoms with Gasteiger partial charge in [-0.3, -0.25) is 19.7 Å². The zero-order valence-electron chi connectivity index (χ0n) is 14.7. The number of hydrogen-bond donors (Lipinski definition) is 0. The highest BCUT2D eigenvalue weighted by atomic mass is 16.6. The Balaban J connectivity index is 1.54. The molecule has 27 heavy (non-hydrogen) atoms. The van der Waals surface area contributed by atoms with E-state index in [0.717, 1.165) is 0 Å². The summed E-state index contributed by atoms with van der Waals surface area (Å²) in [6, 6.07) is 15.1. The normalized spacial score (nSPS) is 14.4. The lowest BCUT2D eigenvalue weighted by Crippen LogP contribution is -2.50. The number of carbonyl (C=O) groups excluding carboxylic acids is 2. The van der Waals surface area contributed by atoms with Gasteiger partial charge in [0, 0.05) is 50.0 Å². The van der Waals surface area contributed by atoms with Crippen LogP contribution < -0.4 is 0 Å². The van der Waals surface area contributed by atoms with E-state index in [2.05, 4.69) is 0 Å². The predicted molar refractivity (Wildman–Crippen MR) is 101 cm³/mol. The van der Waals surface area contributed by atoms with Crippen LogP contribution in [0.15, 0.2) is 60.7 Å². The number of hydrogen-bond acceptors (Lipinski definition) is 4. The summed E-state index contributed by atoms with van der Waals surface area (Å²) in [6.45, 7) is 1.93. The smallest absolute Gasteiger partial charge is 0.269 e. The molecule has 1 aliphatic rings. The van der Waals surface area contributed by atoms with Crippen molar-refractivity contribution in [1.82, 2.24) is 9.80 Å². The molecule has 138 valence electrons. The maximum Gasteiger partial charge on any atom is 0.269 e. The third kappa shape index (κ3) is 4.58. The Bertz CT molecular complexity index is 855. The Hall–Kier alpha value is -3.48. The molecule has 3 rings (SSSR count). The second kappa shape index (κ2) is 8.27. The zero-order valence-corrected chi connectivity index (χ0v) is 14.7. The molecule has 2 aromatic rings. The van der Waals surface area contributed by atoms with E-state index in [-0.39, 0.29) is 17.5 Å². The molecule has 1 fully saturated rings. The van der Waals surface area contributed by atoms with E-state index in [1.807, 2.05) is 18.2 Å². The Morgan fingerprint density at radius 1 is 0.889 bits per heavy atom. The second-order valence-electron chi connectivity index (χ2n) is 6.17. The Kier molecular flexibility index (Phi) is 5.61. The first-order valence-electron chi connectivity index (χ1n) is 8.60. The second-order valence-corrected chi connectivity index (χ2v) is 6.17. The van der Waals surface area contributed by atoms with Gasteiger partial charge in [0.1, 0.15) is 0 Å². The average molecular weight is 365 g/mol. The first-order valence-corrected chi connectivity index (χ1v) is 8.60. The SMILES string of the molecule is O=C(/C=C/c1ccc([N+](=O)[O-])cc1)N1CCN(C(=O)c2ccccc2)CC1. The van der Waals surface area contributed by atoms with Crippen molar-refractivity contribution in [3.8, 4) is 0 Å². The van der Waals surface area contributed by atoms with E-state index in [1.165, 1.54) is 18.2 Å². The number of nitro groups is 1. The van der Waals surface area contributed by atoms with Crippen LogP contribution in [-0.2, 0) is 4.79 Å². The van der Waals surface area contributed by atoms with Crippen molar-refractivity contribution in [3.63, 3.8) is 0 Å². The van der Waals surface area contributed by atoms with Crippen molar-refractivity contribution >= 4 is 23.6 Å². The molecule has 7 nitrogen and oxygen atoms in total. The van der Waals surface area contributed by atoms with Crippen LogP contribution in [0.5, 0.6) is 0 Å². The van der Waals surface area contributed by atoms with E-state index in [4.69, 9.17) is 0 Å². The molecule has 0 bridgehead atoms. The van der Waals surface area contributed by atoms with E-state index in [1.54, 1.807) is 40.1 Å². The monoisotopic (exact) mass is 365 g/mol. The number of benzene rings is 2. The summed E-state index contributed by atoms with van der Waals surface area (Å²) in [4.78, 5) is 38.4. The molecule has 2 amide bonds. The molecular weight excluding hydrogens is 346 g/mol. The van der Waals surface area contributed by atoms with Gasteiger partial charge >= 0.3 is 0 Å². The standard InChI is InChI=1S/C20H19N3O4/c24-19(11-8-16-6-9-18(10-7-16)23(26)27)21-12-14-22(15-13-21)20(25)17-4-2-1-3-5-17/h1-11H,12-15H2/b11-8+. The summed E-state index contributed by atoms with van der Waals surface area (Å²) >= 11 is 0. The molecule has 0 unspecified atom stereocenters. The largest absolute Gasteiger partial charge is 0.336 e. The van der Waals surface area contributed by atoms with E-state index in [9.17, 15) is 19.7 Å². The molecule has 0 spiro atoms. The fraction of sp³-hybridized carbons (Fsp3) is 0.200. The van der Waals surface area contributed by atoms with Crippen LogP contribution in [0.2, 0.25) is 0 Å². The molecule has 1 heterocycles. The maximum atomic E-state index is 12.4. The van der Waals surface area contributed by atoms with Crippen molar-refractivity contribution in [2.45, 2.75) is 0 Å². The minimum absolute atomic E-state index is 0.0117. The Morgan fingerprint density at radius 2 is 1.48 bits per heavy atom. The molecule has 7 heteroatoms. The molecule has 0 aliphatic carbocycles. The van der Waals surface area contributed by atoms with E-state index < -0.39 is 4.92 Å². The van der Waals surface area contributed by atoms with Crippen LogP contribution in [0.3, 0.4) is 0 Å². The number of carbonyl (C=O) groups is 2. The van der Waals surface area contributed by atoms with Gasteiger partial charge in [0.15, 0.2) is 0 Å². The molecule has 1 saturated heterocycles. The number of amides is 2. The highest BCUT2D eigenvalue weighted by molar-refractivity contribution is 5.95. The quantitative estimate of drug-likeness (QED) is 0.474. The van der Waals surface area contributed by atoms with Gasteiger partial charge in [0.05, 0.1) is 4.92 Å². The molecule has 0 radical (unpaired) electrons. The maximum absolute atomic E-state index is 12.4. The van der Waals surface area contributed by atoms with Crippen molar-refractivity contribution in [1.29, 1.82) is 0 Å². The molecule has 1 aliphatic heterocycles. The van der Waals surface area contributed by atoms with Crippen molar-refractivity contribution < 1.29 is 14.5 Å². The van der Waals surface area contributed by atoms with Gasteiger partial charge in [-0.2, -0.15) is 0 Å². The van der Waals surface area contributed by atoms with Crippen LogP contribution >= 0.6 is 0 Å². The van der Waals surface area contributed by atoms with E-state index >= 15 is 0 Å². The van der Waals surface area contributed by atoms with Gasteiger partial charge in [-0.25, -0.2) is 0 Å². The fourth-order valence-corrected chi connectivity index (χ4v) is 2.87. The van der Waals surface area contributed by atoms with Gasteiger partial charge in [-0.1, -0.05) is 18.2 Å². The van der Waals surface area contributed by atoms with Crippen LogP contribution in [-0.4, -0.2) is 52.7 Å². The van der Waals surface area contributed by atoms with Crippen LogP contribution in [0.1, 0.15) is 15.9 Å². The van der Waals surface area contributed by atoms with Gasteiger partial charge in [-0.15, -0.1) is 0 Å². The molecule has 0 saturated carbocycles. The highest BCUT2D eigenvalue weighted by Crippen LogP contribution is 2.13. The Labute approximate surface area is 156 Å². The summed E-state index contributed by atoms with van der Waals surface area (Å²) in [5.74, 6) is -0.163.